The third-order valence-corrected chi connectivity index (χ3v) is 4.07. The van der Waals surface area contributed by atoms with Gasteiger partial charge in [-0.15, -0.1) is 11.3 Å². The van der Waals surface area contributed by atoms with Gasteiger partial charge in [0.25, 0.3) is 0 Å². The minimum absolute atomic E-state index is 0.0794. The highest BCUT2D eigenvalue weighted by Gasteiger charge is 2.16. The third-order valence-electron chi connectivity index (χ3n) is 2.95. The summed E-state index contributed by atoms with van der Waals surface area (Å²) < 4.78 is 5.27. The molecule has 0 unspecified atom stereocenters. The first-order valence-corrected chi connectivity index (χ1v) is 7.87. The average Bonchev–Trinajstić information content (AvgIpc) is 2.79. The number of nitrogens with one attached hydrogen (secondary N) is 1. The van der Waals surface area contributed by atoms with E-state index >= 15 is 0 Å². The van der Waals surface area contributed by atoms with Crippen LogP contribution in [0.25, 0.3) is 10.7 Å². The molecule has 2 aromatic heterocycles. The van der Waals surface area contributed by atoms with Gasteiger partial charge in [0.1, 0.15) is 5.01 Å². The van der Waals surface area contributed by atoms with Crippen molar-refractivity contribution in [2.24, 2.45) is 0 Å². The van der Waals surface area contributed by atoms with E-state index in [9.17, 15) is 0 Å². The lowest BCUT2D eigenvalue weighted by molar-refractivity contribution is 0.181. The zero-order valence-electron chi connectivity index (χ0n) is 13.4. The molecule has 0 aromatic carbocycles. The van der Waals surface area contributed by atoms with Crippen molar-refractivity contribution in [2.45, 2.75) is 46.4 Å². The summed E-state index contributed by atoms with van der Waals surface area (Å²) in [6.07, 6.45) is 0. The van der Waals surface area contributed by atoms with Crippen LogP contribution in [-0.2, 0) is 17.9 Å². The number of aromatic nitrogens is 2. The Bertz CT molecular complexity index is 602. The fourth-order valence-electron chi connectivity index (χ4n) is 1.89. The Morgan fingerprint density at radius 2 is 2.00 bits per heavy atom. The molecule has 0 atom stereocenters. The third kappa shape index (κ3) is 4.59. The molecule has 2 aromatic rings. The van der Waals surface area contributed by atoms with Crippen molar-refractivity contribution in [3.63, 3.8) is 0 Å². The van der Waals surface area contributed by atoms with Crippen LogP contribution in [0.15, 0.2) is 18.2 Å². The average molecular weight is 305 g/mol. The van der Waals surface area contributed by atoms with E-state index in [1.807, 2.05) is 25.1 Å². The van der Waals surface area contributed by atoms with Crippen molar-refractivity contribution < 1.29 is 4.74 Å². The highest BCUT2D eigenvalue weighted by atomic mass is 32.1. The lowest BCUT2D eigenvalue weighted by Crippen LogP contribution is -2.35. The molecule has 21 heavy (non-hydrogen) atoms. The van der Waals surface area contributed by atoms with Crippen molar-refractivity contribution in [2.75, 3.05) is 7.11 Å². The van der Waals surface area contributed by atoms with E-state index in [4.69, 9.17) is 9.72 Å². The lowest BCUT2D eigenvalue weighted by Gasteiger charge is -2.20. The molecule has 2 rings (SSSR count). The monoisotopic (exact) mass is 305 g/mol. The first kappa shape index (κ1) is 16.1. The molecule has 0 aliphatic heterocycles. The molecule has 0 aliphatic rings. The number of hydrogen-bond acceptors (Lipinski definition) is 5. The fourth-order valence-corrected chi connectivity index (χ4v) is 2.86. The molecular formula is C16H23N3OS. The normalized spacial score (nSPS) is 11.9. The van der Waals surface area contributed by atoms with E-state index in [-0.39, 0.29) is 5.54 Å². The Balaban J connectivity index is 2.28. The Kier molecular flexibility index (Phi) is 5.08. The maximum atomic E-state index is 5.27. The van der Waals surface area contributed by atoms with E-state index in [1.165, 1.54) is 4.88 Å². The van der Waals surface area contributed by atoms with Crippen LogP contribution in [0.5, 0.6) is 0 Å². The van der Waals surface area contributed by atoms with Crippen LogP contribution >= 0.6 is 11.3 Å². The van der Waals surface area contributed by atoms with Gasteiger partial charge in [-0.1, -0.05) is 6.07 Å². The summed E-state index contributed by atoms with van der Waals surface area (Å²) >= 11 is 1.69. The van der Waals surface area contributed by atoms with Crippen LogP contribution in [0.2, 0.25) is 0 Å². The van der Waals surface area contributed by atoms with Gasteiger partial charge in [-0.05, 0) is 39.8 Å². The molecule has 0 bridgehead atoms. The Morgan fingerprint density at radius 3 is 2.62 bits per heavy atom. The Labute approximate surface area is 130 Å². The molecule has 0 radical (unpaired) electrons. The molecule has 4 nitrogen and oxygen atoms in total. The largest absolute Gasteiger partial charge is 0.378 e. The van der Waals surface area contributed by atoms with Crippen LogP contribution in [0.1, 0.15) is 37.0 Å². The molecule has 2 heterocycles. The van der Waals surface area contributed by atoms with Crippen LogP contribution in [0.4, 0.5) is 0 Å². The number of aryl methyl sites for hydroxylation is 1. The van der Waals surface area contributed by atoms with Crippen molar-refractivity contribution in [3.05, 3.63) is 34.5 Å². The van der Waals surface area contributed by atoms with Gasteiger partial charge in [-0.25, -0.2) is 4.98 Å². The van der Waals surface area contributed by atoms with Crippen molar-refractivity contribution in [3.8, 4) is 10.7 Å². The van der Waals surface area contributed by atoms with Crippen LogP contribution in [0.3, 0.4) is 0 Å². The highest BCUT2D eigenvalue weighted by molar-refractivity contribution is 7.15. The summed E-state index contributed by atoms with van der Waals surface area (Å²) in [4.78, 5) is 10.5. The maximum absolute atomic E-state index is 5.27. The minimum atomic E-state index is 0.0794. The molecule has 0 saturated carbocycles. The summed E-state index contributed by atoms with van der Waals surface area (Å²) in [5, 5.41) is 4.46. The van der Waals surface area contributed by atoms with Crippen molar-refractivity contribution >= 4 is 11.3 Å². The molecule has 0 saturated heterocycles. The van der Waals surface area contributed by atoms with Gasteiger partial charge in [0.2, 0.25) is 0 Å². The fraction of sp³-hybridized carbons (Fsp3) is 0.500. The van der Waals surface area contributed by atoms with E-state index in [0.29, 0.717) is 6.61 Å². The highest BCUT2D eigenvalue weighted by Crippen LogP contribution is 2.28. The molecule has 5 heteroatoms. The number of rotatable bonds is 5. The van der Waals surface area contributed by atoms with Crippen LogP contribution < -0.4 is 5.32 Å². The van der Waals surface area contributed by atoms with Gasteiger partial charge in [0, 0.05) is 29.8 Å². The van der Waals surface area contributed by atoms with Crippen molar-refractivity contribution in [1.82, 2.24) is 15.3 Å². The molecule has 0 aliphatic carbocycles. The summed E-state index contributed by atoms with van der Waals surface area (Å²) in [6, 6.07) is 6.01. The second kappa shape index (κ2) is 6.64. The Hall–Kier alpha value is -1.30. The summed E-state index contributed by atoms with van der Waals surface area (Å²) in [6.45, 7) is 9.80. The second-order valence-electron chi connectivity index (χ2n) is 6.09. The molecule has 114 valence electrons. The zero-order chi connectivity index (χ0) is 15.5. The Morgan fingerprint density at radius 1 is 1.24 bits per heavy atom. The number of thiazole rings is 1. The first-order chi connectivity index (χ1) is 9.89. The first-order valence-electron chi connectivity index (χ1n) is 7.05. The summed E-state index contributed by atoms with van der Waals surface area (Å²) in [5.41, 5.74) is 3.01. The standard InChI is InChI=1S/C16H23N3OS/c1-11-7-6-8-12(18-11)15-19-13(10-20-5)14(21-15)9-17-16(2,3)4/h6-8,17H,9-10H2,1-5H3. The van der Waals surface area contributed by atoms with Gasteiger partial charge in [-0.2, -0.15) is 0 Å². The van der Waals surface area contributed by atoms with E-state index < -0.39 is 0 Å². The molecule has 0 amide bonds. The zero-order valence-corrected chi connectivity index (χ0v) is 14.2. The second-order valence-corrected chi connectivity index (χ2v) is 7.17. The number of nitrogens with zero attached hydrogens (tertiary/aromatic N) is 2. The molecule has 0 spiro atoms. The lowest BCUT2D eigenvalue weighted by atomic mass is 10.1. The van der Waals surface area contributed by atoms with E-state index in [2.05, 4.69) is 31.1 Å². The molecule has 0 fully saturated rings. The minimum Gasteiger partial charge on any atom is -0.378 e. The number of methoxy groups -OCH3 is 1. The predicted octanol–water partition coefficient (Wildman–Crippen LogP) is 3.55. The van der Waals surface area contributed by atoms with Gasteiger partial charge in [-0.3, -0.25) is 4.98 Å². The van der Waals surface area contributed by atoms with Gasteiger partial charge in [0.15, 0.2) is 0 Å². The maximum Gasteiger partial charge on any atom is 0.142 e. The van der Waals surface area contributed by atoms with Gasteiger partial charge in [0.05, 0.1) is 18.0 Å². The van der Waals surface area contributed by atoms with Gasteiger partial charge >= 0.3 is 0 Å². The number of hydrogen-bond donors (Lipinski definition) is 1. The SMILES string of the molecule is COCc1nc(-c2cccc(C)n2)sc1CNC(C)(C)C. The van der Waals surface area contributed by atoms with Gasteiger partial charge < -0.3 is 10.1 Å². The van der Waals surface area contributed by atoms with E-state index in [0.717, 1.165) is 28.6 Å². The smallest absolute Gasteiger partial charge is 0.142 e. The quantitative estimate of drug-likeness (QED) is 0.917. The van der Waals surface area contributed by atoms with E-state index in [1.54, 1.807) is 18.4 Å². The van der Waals surface area contributed by atoms with Crippen LogP contribution in [-0.4, -0.2) is 22.6 Å². The topological polar surface area (TPSA) is 47.0 Å². The summed E-state index contributed by atoms with van der Waals surface area (Å²) in [7, 11) is 1.70. The predicted molar refractivity (Wildman–Crippen MR) is 87.4 cm³/mol. The molecular weight excluding hydrogens is 282 g/mol. The number of ether oxygens (including phenoxy) is 1. The molecule has 1 N–H and O–H groups in total. The summed E-state index contributed by atoms with van der Waals surface area (Å²) in [5.74, 6) is 0. The van der Waals surface area contributed by atoms with Crippen LogP contribution in [0, 0.1) is 6.92 Å². The van der Waals surface area contributed by atoms with Crippen molar-refractivity contribution in [1.29, 1.82) is 0 Å². The number of pyridine rings is 1.